The van der Waals surface area contributed by atoms with Gasteiger partial charge in [0.2, 0.25) is 0 Å². The van der Waals surface area contributed by atoms with E-state index in [9.17, 15) is 0 Å². The van der Waals surface area contributed by atoms with Crippen LogP contribution in [0.4, 0.5) is 0 Å². The number of hydrogen-bond donors (Lipinski definition) is 1. The quantitative estimate of drug-likeness (QED) is 0.516. The van der Waals surface area contributed by atoms with Gasteiger partial charge in [0, 0.05) is 6.54 Å². The molecule has 1 N–H and O–H groups in total. The monoisotopic (exact) mass is 197 g/mol. The van der Waals surface area contributed by atoms with E-state index >= 15 is 0 Å². The van der Waals surface area contributed by atoms with E-state index < -0.39 is 0 Å². The molecule has 1 nitrogen and oxygen atoms in total. The highest BCUT2D eigenvalue weighted by molar-refractivity contribution is 4.77. The third kappa shape index (κ3) is 11.5. The summed E-state index contributed by atoms with van der Waals surface area (Å²) in [5.41, 5.74) is 0. The average Bonchev–Trinajstić information content (AvgIpc) is 2.21. The molecular weight excluding hydrogens is 170 g/mol. The summed E-state index contributed by atoms with van der Waals surface area (Å²) in [6.45, 7) is 5.57. The fourth-order valence-electron chi connectivity index (χ4n) is 1.47. The number of allylic oxidation sites excluding steroid dienone is 1. The van der Waals surface area contributed by atoms with E-state index in [1.807, 2.05) is 0 Å². The van der Waals surface area contributed by atoms with E-state index in [0.29, 0.717) is 0 Å². The van der Waals surface area contributed by atoms with Gasteiger partial charge in [0.05, 0.1) is 0 Å². The first-order valence-corrected chi connectivity index (χ1v) is 6.30. The average molecular weight is 197 g/mol. The molecule has 0 saturated carbocycles. The SMILES string of the molecule is CC/C=C/NCCCCCCCCC. The highest BCUT2D eigenvalue weighted by Gasteiger charge is 1.89. The summed E-state index contributed by atoms with van der Waals surface area (Å²) >= 11 is 0. The minimum Gasteiger partial charge on any atom is -0.391 e. The van der Waals surface area contributed by atoms with Crippen LogP contribution in [-0.2, 0) is 0 Å². The third-order valence-corrected chi connectivity index (χ3v) is 2.40. The van der Waals surface area contributed by atoms with Crippen LogP contribution < -0.4 is 5.32 Å². The zero-order valence-electron chi connectivity index (χ0n) is 10.0. The summed E-state index contributed by atoms with van der Waals surface area (Å²) in [5.74, 6) is 0. The van der Waals surface area contributed by atoms with Gasteiger partial charge in [0.15, 0.2) is 0 Å². The summed E-state index contributed by atoms with van der Waals surface area (Å²) in [5, 5.41) is 3.31. The Morgan fingerprint density at radius 3 is 2.14 bits per heavy atom. The van der Waals surface area contributed by atoms with Crippen molar-refractivity contribution < 1.29 is 0 Å². The molecule has 0 heterocycles. The molecule has 84 valence electrons. The second kappa shape index (κ2) is 12.5. The van der Waals surface area contributed by atoms with Crippen LogP contribution in [0, 0.1) is 0 Å². The Hall–Kier alpha value is -0.460. The molecule has 0 aromatic heterocycles. The van der Waals surface area contributed by atoms with Crippen LogP contribution in [-0.4, -0.2) is 6.54 Å². The predicted molar refractivity (Wildman–Crippen MR) is 65.4 cm³/mol. The molecule has 0 radical (unpaired) electrons. The lowest BCUT2D eigenvalue weighted by Gasteiger charge is -2.01. The van der Waals surface area contributed by atoms with E-state index in [-0.39, 0.29) is 0 Å². The molecule has 0 rings (SSSR count). The molecule has 0 atom stereocenters. The van der Waals surface area contributed by atoms with Crippen molar-refractivity contribution in [2.24, 2.45) is 0 Å². The predicted octanol–water partition coefficient (Wildman–Crippen LogP) is 4.25. The third-order valence-electron chi connectivity index (χ3n) is 2.40. The maximum Gasteiger partial charge on any atom is 0.0141 e. The van der Waals surface area contributed by atoms with Crippen LogP contribution in [0.3, 0.4) is 0 Å². The van der Waals surface area contributed by atoms with Gasteiger partial charge in [-0.1, -0.05) is 58.4 Å². The zero-order valence-corrected chi connectivity index (χ0v) is 10.0. The molecule has 0 aromatic carbocycles. The molecule has 0 bridgehead atoms. The topological polar surface area (TPSA) is 12.0 Å². The van der Waals surface area contributed by atoms with Crippen molar-refractivity contribution in [2.45, 2.75) is 65.2 Å². The standard InChI is InChI=1S/C13H27N/c1-3-5-7-8-9-10-11-13-14-12-6-4-2/h6,12,14H,3-5,7-11,13H2,1-2H3/b12-6+. The van der Waals surface area contributed by atoms with Crippen LogP contribution in [0.25, 0.3) is 0 Å². The summed E-state index contributed by atoms with van der Waals surface area (Å²) in [6.07, 6.45) is 15.1. The molecule has 0 saturated heterocycles. The summed E-state index contributed by atoms with van der Waals surface area (Å²) in [4.78, 5) is 0. The van der Waals surface area contributed by atoms with E-state index in [4.69, 9.17) is 0 Å². The molecule has 0 spiro atoms. The van der Waals surface area contributed by atoms with Crippen molar-refractivity contribution in [3.8, 4) is 0 Å². The van der Waals surface area contributed by atoms with E-state index in [2.05, 4.69) is 31.4 Å². The highest BCUT2D eigenvalue weighted by Crippen LogP contribution is 2.06. The van der Waals surface area contributed by atoms with Gasteiger partial charge in [0.1, 0.15) is 0 Å². The van der Waals surface area contributed by atoms with E-state index in [1.165, 1.54) is 44.9 Å². The number of unbranched alkanes of at least 4 members (excludes halogenated alkanes) is 6. The molecule has 0 aromatic rings. The number of rotatable bonds is 10. The molecule has 0 unspecified atom stereocenters. The fourth-order valence-corrected chi connectivity index (χ4v) is 1.47. The lowest BCUT2D eigenvalue weighted by atomic mass is 10.1. The van der Waals surface area contributed by atoms with Gasteiger partial charge in [-0.05, 0) is 19.0 Å². The van der Waals surface area contributed by atoms with Crippen LogP contribution in [0.2, 0.25) is 0 Å². The smallest absolute Gasteiger partial charge is 0.0141 e. The van der Waals surface area contributed by atoms with Gasteiger partial charge in [-0.3, -0.25) is 0 Å². The first-order chi connectivity index (χ1) is 6.91. The van der Waals surface area contributed by atoms with Gasteiger partial charge in [-0.15, -0.1) is 0 Å². The first-order valence-electron chi connectivity index (χ1n) is 6.30. The maximum absolute atomic E-state index is 3.31. The lowest BCUT2D eigenvalue weighted by molar-refractivity contribution is 0.582. The Balaban J connectivity index is 2.88. The van der Waals surface area contributed by atoms with Crippen LogP contribution in [0.15, 0.2) is 12.3 Å². The normalized spacial score (nSPS) is 11.0. The summed E-state index contributed by atoms with van der Waals surface area (Å²) in [7, 11) is 0. The second-order valence-corrected chi connectivity index (χ2v) is 3.89. The Morgan fingerprint density at radius 2 is 1.50 bits per heavy atom. The van der Waals surface area contributed by atoms with Gasteiger partial charge < -0.3 is 5.32 Å². The van der Waals surface area contributed by atoms with Gasteiger partial charge in [0.25, 0.3) is 0 Å². The Bertz CT molecular complexity index is 118. The molecule has 14 heavy (non-hydrogen) atoms. The molecule has 0 aliphatic heterocycles. The van der Waals surface area contributed by atoms with Gasteiger partial charge >= 0.3 is 0 Å². The Kier molecular flexibility index (Phi) is 12.1. The highest BCUT2D eigenvalue weighted by atomic mass is 14.8. The lowest BCUT2D eigenvalue weighted by Crippen LogP contribution is -2.06. The number of nitrogens with one attached hydrogen (secondary N) is 1. The minimum atomic E-state index is 1.13. The number of hydrogen-bond acceptors (Lipinski definition) is 1. The molecule has 1 heteroatoms. The van der Waals surface area contributed by atoms with Crippen molar-refractivity contribution in [1.29, 1.82) is 0 Å². The fraction of sp³-hybridized carbons (Fsp3) is 0.846. The van der Waals surface area contributed by atoms with Crippen molar-refractivity contribution in [3.63, 3.8) is 0 Å². The van der Waals surface area contributed by atoms with E-state index in [0.717, 1.165) is 13.0 Å². The van der Waals surface area contributed by atoms with Crippen molar-refractivity contribution in [3.05, 3.63) is 12.3 Å². The van der Waals surface area contributed by atoms with Crippen LogP contribution >= 0.6 is 0 Å². The van der Waals surface area contributed by atoms with Crippen molar-refractivity contribution >= 4 is 0 Å². The van der Waals surface area contributed by atoms with Crippen LogP contribution in [0.5, 0.6) is 0 Å². The Labute approximate surface area is 90.0 Å². The van der Waals surface area contributed by atoms with Crippen molar-refractivity contribution in [2.75, 3.05) is 6.54 Å². The zero-order chi connectivity index (χ0) is 10.5. The summed E-state index contributed by atoms with van der Waals surface area (Å²) in [6, 6.07) is 0. The van der Waals surface area contributed by atoms with Gasteiger partial charge in [-0.2, -0.15) is 0 Å². The second-order valence-electron chi connectivity index (χ2n) is 3.89. The molecule has 0 aliphatic carbocycles. The molecule has 0 fully saturated rings. The first kappa shape index (κ1) is 13.5. The summed E-state index contributed by atoms with van der Waals surface area (Å²) < 4.78 is 0. The minimum absolute atomic E-state index is 1.13. The largest absolute Gasteiger partial charge is 0.391 e. The van der Waals surface area contributed by atoms with Crippen molar-refractivity contribution in [1.82, 2.24) is 5.32 Å². The molecular formula is C13H27N. The molecule has 0 amide bonds. The Morgan fingerprint density at radius 1 is 0.857 bits per heavy atom. The maximum atomic E-state index is 3.31. The van der Waals surface area contributed by atoms with E-state index in [1.54, 1.807) is 0 Å². The van der Waals surface area contributed by atoms with Crippen LogP contribution in [0.1, 0.15) is 65.2 Å². The van der Waals surface area contributed by atoms with Gasteiger partial charge in [-0.25, -0.2) is 0 Å². The molecule has 0 aliphatic rings.